The second-order valence-corrected chi connectivity index (χ2v) is 13.6. The molecule has 12 heteroatoms. The van der Waals surface area contributed by atoms with E-state index in [9.17, 15) is 14.4 Å². The lowest BCUT2D eigenvalue weighted by Crippen LogP contribution is -2.50. The molecule has 48 heavy (non-hydrogen) atoms. The number of methoxy groups -OCH3 is 1. The average Bonchev–Trinajstić information content (AvgIpc) is 3.37. The number of hydrogen-bond donors (Lipinski definition) is 1. The number of hydrogen-bond acceptors (Lipinski definition) is 9. The minimum atomic E-state index is -1.11. The Morgan fingerprint density at radius 1 is 1.12 bits per heavy atom. The highest BCUT2D eigenvalue weighted by atomic mass is 16.5. The van der Waals surface area contributed by atoms with E-state index in [1.807, 2.05) is 37.4 Å². The summed E-state index contributed by atoms with van der Waals surface area (Å²) in [5, 5.41) is 8.43. The lowest BCUT2D eigenvalue weighted by molar-refractivity contribution is -0.150. The predicted molar refractivity (Wildman–Crippen MR) is 179 cm³/mol. The molecule has 0 saturated heterocycles. The van der Waals surface area contributed by atoms with Crippen molar-refractivity contribution in [1.29, 1.82) is 0 Å². The van der Waals surface area contributed by atoms with Crippen LogP contribution in [0.15, 0.2) is 36.5 Å². The van der Waals surface area contributed by atoms with Gasteiger partial charge in [0.05, 0.1) is 42.1 Å². The average molecular weight is 659 g/mol. The summed E-state index contributed by atoms with van der Waals surface area (Å²) in [6, 6.07) is 5.66. The van der Waals surface area contributed by atoms with E-state index in [1.165, 1.54) is 0 Å². The van der Waals surface area contributed by atoms with E-state index in [0.717, 1.165) is 30.5 Å². The second-order valence-electron chi connectivity index (χ2n) is 13.6. The molecular formula is C36H46N6O6. The standard InChI is InChI=1S/C36H46N6O6/c1-7-47-34(45)36-20-23(36)12-10-8-9-11-16-41(5)33(44)27-19-24(18-26(27)31(43)39-36)48-32-25-13-14-29(46-6)22(4)30(25)37-35(38-32)42-17-15-28(40-42)21(2)3/h10,12-15,17,21,23-24,26-27H,7-9,11,16,18-20H2,1-6H3,(H,39,43)/b12-10-/t23-,24-,26-,27-,36-/m1/s1. The number of esters is 1. The van der Waals surface area contributed by atoms with E-state index in [0.29, 0.717) is 47.9 Å². The first-order valence-corrected chi connectivity index (χ1v) is 17.0. The Hall–Kier alpha value is -4.48. The van der Waals surface area contributed by atoms with Crippen molar-refractivity contribution in [2.75, 3.05) is 27.3 Å². The Kier molecular flexibility index (Phi) is 9.44. The van der Waals surface area contributed by atoms with Gasteiger partial charge in [-0.25, -0.2) is 14.5 Å². The van der Waals surface area contributed by atoms with Crippen molar-refractivity contribution in [2.24, 2.45) is 17.8 Å². The fourth-order valence-corrected chi connectivity index (χ4v) is 7.04. The van der Waals surface area contributed by atoms with E-state index >= 15 is 0 Å². The molecule has 1 aromatic carbocycles. The summed E-state index contributed by atoms with van der Waals surface area (Å²) in [5.41, 5.74) is 1.28. The molecule has 0 radical (unpaired) electrons. The number of allylic oxidation sites excluding steroid dienone is 1. The number of fused-ring (bicyclic) bond motifs is 3. The summed E-state index contributed by atoms with van der Waals surface area (Å²) in [7, 11) is 3.41. The molecule has 3 aromatic rings. The Morgan fingerprint density at radius 3 is 2.65 bits per heavy atom. The van der Waals surface area contributed by atoms with Crippen molar-refractivity contribution in [3.8, 4) is 17.6 Å². The minimum Gasteiger partial charge on any atom is -0.496 e. The first-order valence-electron chi connectivity index (χ1n) is 17.0. The number of ether oxygens (including phenoxy) is 3. The molecule has 0 spiro atoms. The molecule has 2 amide bonds. The highest BCUT2D eigenvalue weighted by molar-refractivity contribution is 5.95. The number of carbonyl (C=O) groups is 3. The topological polar surface area (TPSA) is 138 Å². The second kappa shape index (κ2) is 13.6. The molecule has 1 N–H and O–H groups in total. The van der Waals surface area contributed by atoms with Gasteiger partial charge in [0.15, 0.2) is 0 Å². The smallest absolute Gasteiger partial charge is 0.332 e. The van der Waals surface area contributed by atoms with Gasteiger partial charge in [-0.1, -0.05) is 26.0 Å². The predicted octanol–water partition coefficient (Wildman–Crippen LogP) is 4.67. The zero-order valence-corrected chi connectivity index (χ0v) is 28.7. The molecular weight excluding hydrogens is 612 g/mol. The van der Waals surface area contributed by atoms with E-state index in [2.05, 4.69) is 25.2 Å². The van der Waals surface area contributed by atoms with Crippen LogP contribution >= 0.6 is 0 Å². The summed E-state index contributed by atoms with van der Waals surface area (Å²) in [6.07, 6.45) is 9.10. The normalized spacial score (nSPS) is 26.8. The molecule has 6 rings (SSSR count). The van der Waals surface area contributed by atoms with Crippen LogP contribution < -0.4 is 14.8 Å². The third kappa shape index (κ3) is 6.36. The number of nitrogens with zero attached hydrogens (tertiary/aromatic N) is 5. The molecule has 2 saturated carbocycles. The number of nitrogens with one attached hydrogen (secondary N) is 1. The van der Waals surface area contributed by atoms with Gasteiger partial charge >= 0.3 is 5.97 Å². The Balaban J connectivity index is 1.34. The van der Waals surface area contributed by atoms with Gasteiger partial charge in [0.1, 0.15) is 17.4 Å². The largest absolute Gasteiger partial charge is 0.496 e. The van der Waals surface area contributed by atoms with E-state index in [-0.39, 0.29) is 36.7 Å². The van der Waals surface area contributed by atoms with Gasteiger partial charge in [-0.15, -0.1) is 0 Å². The molecule has 5 atom stereocenters. The van der Waals surface area contributed by atoms with Crippen molar-refractivity contribution in [1.82, 2.24) is 30.0 Å². The van der Waals surface area contributed by atoms with E-state index in [4.69, 9.17) is 29.3 Å². The van der Waals surface area contributed by atoms with E-state index in [1.54, 1.807) is 30.7 Å². The van der Waals surface area contributed by atoms with Crippen molar-refractivity contribution >= 4 is 28.7 Å². The van der Waals surface area contributed by atoms with Crippen LogP contribution in [0.25, 0.3) is 16.9 Å². The van der Waals surface area contributed by atoms with Crippen LogP contribution in [0.2, 0.25) is 0 Å². The van der Waals surface area contributed by atoms with Gasteiger partial charge < -0.3 is 24.4 Å². The molecule has 12 nitrogen and oxygen atoms in total. The van der Waals surface area contributed by atoms with Gasteiger partial charge in [-0.2, -0.15) is 10.1 Å². The van der Waals surface area contributed by atoms with E-state index < -0.39 is 29.4 Å². The molecule has 0 bridgehead atoms. The summed E-state index contributed by atoms with van der Waals surface area (Å²) in [5.74, 6) is -0.735. The summed E-state index contributed by atoms with van der Waals surface area (Å²) in [6.45, 7) is 8.65. The number of carbonyl (C=O) groups excluding carboxylic acids is 3. The fourth-order valence-electron chi connectivity index (χ4n) is 7.04. The summed E-state index contributed by atoms with van der Waals surface area (Å²) in [4.78, 5) is 52.5. The van der Waals surface area contributed by atoms with Gasteiger partial charge in [0, 0.05) is 31.3 Å². The van der Waals surface area contributed by atoms with Crippen LogP contribution in [-0.2, 0) is 19.1 Å². The van der Waals surface area contributed by atoms with Crippen molar-refractivity contribution in [3.05, 3.63) is 47.8 Å². The number of aryl methyl sites for hydroxylation is 1. The highest BCUT2D eigenvalue weighted by Gasteiger charge is 2.62. The maximum Gasteiger partial charge on any atom is 0.332 e. The zero-order valence-electron chi connectivity index (χ0n) is 28.7. The Bertz CT molecular complexity index is 1730. The lowest BCUT2D eigenvalue weighted by Gasteiger charge is -2.26. The zero-order chi connectivity index (χ0) is 34.2. The summed E-state index contributed by atoms with van der Waals surface area (Å²) < 4.78 is 19.3. The SMILES string of the molecule is CCOC(=O)[C@@]12C[C@H]1/C=C\CCCCN(C)C(=O)[C@@H]1C[C@H](Oc3nc(-n4ccc(C(C)C)n4)nc4c(C)c(OC)ccc34)C[C@H]1C(=O)N2. The monoisotopic (exact) mass is 658 g/mol. The van der Waals surface area contributed by atoms with Crippen molar-refractivity contribution in [2.45, 2.75) is 83.8 Å². The van der Waals surface area contributed by atoms with Gasteiger partial charge in [-0.3, -0.25) is 9.59 Å². The molecule has 3 heterocycles. The molecule has 2 fully saturated rings. The first-order chi connectivity index (χ1) is 23.1. The maximum absolute atomic E-state index is 14.1. The Labute approximate surface area is 281 Å². The first kappa shape index (κ1) is 33.4. The highest BCUT2D eigenvalue weighted by Crippen LogP contribution is 2.47. The number of aromatic nitrogens is 4. The van der Waals surface area contributed by atoms with Gasteiger partial charge in [0.2, 0.25) is 17.7 Å². The molecule has 2 aliphatic carbocycles. The maximum atomic E-state index is 14.1. The van der Waals surface area contributed by atoms with Gasteiger partial charge in [-0.05, 0) is 76.5 Å². The number of amides is 2. The van der Waals surface area contributed by atoms with Crippen LogP contribution in [0, 0.1) is 24.7 Å². The fraction of sp³-hybridized carbons (Fsp3) is 0.556. The van der Waals surface area contributed by atoms with Crippen molar-refractivity contribution in [3.63, 3.8) is 0 Å². The lowest BCUT2D eigenvalue weighted by atomic mass is 9.93. The number of benzene rings is 1. The number of rotatable bonds is 7. The minimum absolute atomic E-state index is 0.0991. The van der Waals surface area contributed by atoms with Crippen LogP contribution in [-0.4, -0.2) is 81.4 Å². The molecule has 256 valence electrons. The molecule has 1 aliphatic heterocycles. The van der Waals surface area contributed by atoms with Crippen LogP contribution in [0.4, 0.5) is 0 Å². The third-order valence-corrected chi connectivity index (χ3v) is 9.96. The molecule has 3 aliphatic rings. The quantitative estimate of drug-likeness (QED) is 0.284. The molecule has 2 aromatic heterocycles. The van der Waals surface area contributed by atoms with Crippen LogP contribution in [0.1, 0.15) is 76.5 Å². The van der Waals surface area contributed by atoms with Crippen molar-refractivity contribution < 1.29 is 28.6 Å². The third-order valence-electron chi connectivity index (χ3n) is 9.96. The van der Waals surface area contributed by atoms with Gasteiger partial charge in [0.25, 0.3) is 5.95 Å². The van der Waals surface area contributed by atoms with Crippen LogP contribution in [0.5, 0.6) is 11.6 Å². The Morgan fingerprint density at radius 2 is 1.92 bits per heavy atom. The molecule has 0 unspecified atom stereocenters. The van der Waals surface area contributed by atoms with Crippen LogP contribution in [0.3, 0.4) is 0 Å². The summed E-state index contributed by atoms with van der Waals surface area (Å²) >= 11 is 0.